The lowest BCUT2D eigenvalue weighted by molar-refractivity contribution is 0.190. The number of nitrogens with one attached hydrogen (secondary N) is 1. The van der Waals surface area contributed by atoms with Crippen molar-refractivity contribution in [3.8, 4) is 0 Å². The number of likely N-dealkylation sites (N-methyl/N-ethyl adjacent to an activating group) is 1. The van der Waals surface area contributed by atoms with Gasteiger partial charge in [0, 0.05) is 36.3 Å². The largest absolute Gasteiger partial charge is 0.314 e. The van der Waals surface area contributed by atoms with Crippen LogP contribution in [-0.2, 0) is 0 Å². The van der Waals surface area contributed by atoms with Crippen LogP contribution in [0.3, 0.4) is 0 Å². The number of nitrogens with zero attached hydrogens (tertiary/aromatic N) is 1. The fourth-order valence-corrected chi connectivity index (χ4v) is 2.55. The number of thioether (sulfide) groups is 1. The van der Waals surface area contributed by atoms with Crippen molar-refractivity contribution in [1.82, 2.24) is 10.2 Å². The van der Waals surface area contributed by atoms with Crippen LogP contribution in [0.4, 0.5) is 4.39 Å². The Kier molecular flexibility index (Phi) is 4.21. The van der Waals surface area contributed by atoms with Crippen molar-refractivity contribution in [3.63, 3.8) is 0 Å². The zero-order chi connectivity index (χ0) is 11.4. The lowest BCUT2D eigenvalue weighted by Gasteiger charge is -2.35. The van der Waals surface area contributed by atoms with Gasteiger partial charge in [0.1, 0.15) is 5.82 Å². The van der Waals surface area contributed by atoms with E-state index in [-0.39, 0.29) is 5.82 Å². The quantitative estimate of drug-likeness (QED) is 0.790. The summed E-state index contributed by atoms with van der Waals surface area (Å²) in [6.07, 6.45) is 0. The van der Waals surface area contributed by atoms with Crippen LogP contribution < -0.4 is 5.32 Å². The molecule has 0 amide bonds. The molecule has 0 aliphatic carbocycles. The molecule has 2 rings (SSSR count). The molecule has 4 heteroatoms. The Morgan fingerprint density at radius 3 is 2.62 bits per heavy atom. The zero-order valence-corrected chi connectivity index (χ0v) is 10.3. The number of rotatable bonds is 5. The number of benzene rings is 1. The van der Waals surface area contributed by atoms with E-state index in [1.807, 2.05) is 12.1 Å². The highest BCUT2D eigenvalue weighted by atomic mass is 32.2. The fourth-order valence-electron chi connectivity index (χ4n) is 1.61. The standard InChI is InChI=1S/C12H17FN2S/c1-15(11-8-14-9-11)6-7-16-12-4-2-10(13)3-5-12/h2-5,11,14H,6-9H2,1H3. The van der Waals surface area contributed by atoms with E-state index < -0.39 is 0 Å². The Morgan fingerprint density at radius 1 is 1.38 bits per heavy atom. The third-order valence-corrected chi connectivity index (χ3v) is 3.90. The molecular formula is C12H17FN2S. The molecular weight excluding hydrogens is 223 g/mol. The first-order valence-electron chi connectivity index (χ1n) is 5.55. The Labute approximate surface area is 100 Å². The molecule has 0 bridgehead atoms. The third-order valence-electron chi connectivity index (χ3n) is 2.91. The highest BCUT2D eigenvalue weighted by Crippen LogP contribution is 2.18. The van der Waals surface area contributed by atoms with Gasteiger partial charge in [-0.3, -0.25) is 0 Å². The van der Waals surface area contributed by atoms with Gasteiger partial charge in [-0.1, -0.05) is 0 Å². The summed E-state index contributed by atoms with van der Waals surface area (Å²) in [6.45, 7) is 3.30. The topological polar surface area (TPSA) is 15.3 Å². The average molecular weight is 240 g/mol. The number of hydrogen-bond donors (Lipinski definition) is 1. The van der Waals surface area contributed by atoms with E-state index in [9.17, 15) is 4.39 Å². The Morgan fingerprint density at radius 2 is 2.06 bits per heavy atom. The SMILES string of the molecule is CN(CCSc1ccc(F)cc1)C1CNC1. The van der Waals surface area contributed by atoms with E-state index in [4.69, 9.17) is 0 Å². The monoisotopic (exact) mass is 240 g/mol. The predicted octanol–water partition coefficient (Wildman–Crippen LogP) is 1.82. The van der Waals surface area contributed by atoms with Gasteiger partial charge in [-0.2, -0.15) is 0 Å². The lowest BCUT2D eigenvalue weighted by atomic mass is 10.1. The van der Waals surface area contributed by atoms with E-state index in [0.29, 0.717) is 6.04 Å². The maximum Gasteiger partial charge on any atom is 0.123 e. The van der Waals surface area contributed by atoms with Crippen molar-refractivity contribution >= 4 is 11.8 Å². The summed E-state index contributed by atoms with van der Waals surface area (Å²) in [7, 11) is 2.16. The molecule has 1 N–H and O–H groups in total. The lowest BCUT2D eigenvalue weighted by Crippen LogP contribution is -2.56. The van der Waals surface area contributed by atoms with Gasteiger partial charge in [0.2, 0.25) is 0 Å². The van der Waals surface area contributed by atoms with Crippen LogP contribution in [0.5, 0.6) is 0 Å². The highest BCUT2D eigenvalue weighted by Gasteiger charge is 2.20. The van der Waals surface area contributed by atoms with Crippen molar-refractivity contribution < 1.29 is 4.39 Å². The summed E-state index contributed by atoms with van der Waals surface area (Å²) in [5.74, 6) is 0.889. The van der Waals surface area contributed by atoms with Crippen molar-refractivity contribution in [3.05, 3.63) is 30.1 Å². The molecule has 0 radical (unpaired) electrons. The van der Waals surface area contributed by atoms with Gasteiger partial charge in [0.15, 0.2) is 0 Å². The minimum Gasteiger partial charge on any atom is -0.314 e. The number of halogens is 1. The van der Waals surface area contributed by atoms with Crippen LogP contribution >= 0.6 is 11.8 Å². The summed E-state index contributed by atoms with van der Waals surface area (Å²) in [4.78, 5) is 3.52. The van der Waals surface area contributed by atoms with Gasteiger partial charge in [-0.05, 0) is 31.3 Å². The van der Waals surface area contributed by atoms with E-state index in [2.05, 4.69) is 17.3 Å². The molecule has 16 heavy (non-hydrogen) atoms. The molecule has 0 atom stereocenters. The zero-order valence-electron chi connectivity index (χ0n) is 9.45. The molecule has 0 aromatic heterocycles. The second kappa shape index (κ2) is 5.66. The number of hydrogen-bond acceptors (Lipinski definition) is 3. The molecule has 1 aromatic rings. The molecule has 2 nitrogen and oxygen atoms in total. The molecule has 0 spiro atoms. The molecule has 1 heterocycles. The maximum absolute atomic E-state index is 12.7. The molecule has 0 unspecified atom stereocenters. The van der Waals surface area contributed by atoms with Crippen molar-refractivity contribution in [1.29, 1.82) is 0 Å². The van der Waals surface area contributed by atoms with E-state index in [1.54, 1.807) is 11.8 Å². The van der Waals surface area contributed by atoms with Gasteiger partial charge in [-0.15, -0.1) is 11.8 Å². The minimum absolute atomic E-state index is 0.165. The van der Waals surface area contributed by atoms with Gasteiger partial charge >= 0.3 is 0 Å². The van der Waals surface area contributed by atoms with Gasteiger partial charge in [0.25, 0.3) is 0 Å². The molecule has 1 aliphatic rings. The smallest absolute Gasteiger partial charge is 0.123 e. The molecule has 1 saturated heterocycles. The Hall–Kier alpha value is -0.580. The molecule has 1 fully saturated rings. The second-order valence-corrected chi connectivity index (χ2v) is 5.26. The van der Waals surface area contributed by atoms with E-state index in [1.165, 1.54) is 12.1 Å². The molecule has 1 aliphatic heterocycles. The van der Waals surface area contributed by atoms with Gasteiger partial charge in [-0.25, -0.2) is 4.39 Å². The van der Waals surface area contributed by atoms with Crippen molar-refractivity contribution in [2.75, 3.05) is 32.4 Å². The summed E-state index contributed by atoms with van der Waals surface area (Å²) < 4.78 is 12.7. The summed E-state index contributed by atoms with van der Waals surface area (Å²) in [6, 6.07) is 7.41. The van der Waals surface area contributed by atoms with E-state index >= 15 is 0 Å². The van der Waals surface area contributed by atoms with Gasteiger partial charge < -0.3 is 10.2 Å². The Balaban J connectivity index is 1.69. The van der Waals surface area contributed by atoms with Crippen molar-refractivity contribution in [2.24, 2.45) is 0 Å². The first kappa shape index (κ1) is 11.9. The van der Waals surface area contributed by atoms with Crippen LogP contribution in [0.25, 0.3) is 0 Å². The third kappa shape index (κ3) is 3.20. The van der Waals surface area contributed by atoms with Crippen LogP contribution in [0, 0.1) is 5.82 Å². The summed E-state index contributed by atoms with van der Waals surface area (Å²) >= 11 is 1.78. The first-order chi connectivity index (χ1) is 7.75. The molecule has 0 saturated carbocycles. The second-order valence-electron chi connectivity index (χ2n) is 4.10. The highest BCUT2D eigenvalue weighted by molar-refractivity contribution is 7.99. The van der Waals surface area contributed by atoms with E-state index in [0.717, 1.165) is 30.3 Å². The fraction of sp³-hybridized carbons (Fsp3) is 0.500. The Bertz CT molecular complexity index is 324. The van der Waals surface area contributed by atoms with Crippen LogP contribution in [0.15, 0.2) is 29.2 Å². The normalized spacial score (nSPS) is 16.4. The molecule has 1 aromatic carbocycles. The van der Waals surface area contributed by atoms with Crippen LogP contribution in [0.1, 0.15) is 0 Å². The van der Waals surface area contributed by atoms with Crippen molar-refractivity contribution in [2.45, 2.75) is 10.9 Å². The predicted molar refractivity (Wildman–Crippen MR) is 66.4 cm³/mol. The first-order valence-corrected chi connectivity index (χ1v) is 6.53. The van der Waals surface area contributed by atoms with Crippen LogP contribution in [0.2, 0.25) is 0 Å². The average Bonchev–Trinajstić information content (AvgIpc) is 2.18. The van der Waals surface area contributed by atoms with Crippen LogP contribution in [-0.4, -0.2) is 43.4 Å². The van der Waals surface area contributed by atoms with Gasteiger partial charge in [0.05, 0.1) is 0 Å². The molecule has 88 valence electrons. The summed E-state index contributed by atoms with van der Waals surface area (Å²) in [5.41, 5.74) is 0. The maximum atomic E-state index is 12.7. The minimum atomic E-state index is -0.165. The summed E-state index contributed by atoms with van der Waals surface area (Å²) in [5, 5.41) is 3.27.